The first-order valence-electron chi connectivity index (χ1n) is 5.64. The minimum absolute atomic E-state index is 0.105. The molecule has 0 saturated carbocycles. The third kappa shape index (κ3) is 8.50. The van der Waals surface area contributed by atoms with Crippen LogP contribution in [0.25, 0.3) is 0 Å². The predicted molar refractivity (Wildman–Crippen MR) is 65.5 cm³/mol. The summed E-state index contributed by atoms with van der Waals surface area (Å²) in [4.78, 5) is 22.5. The maximum atomic E-state index is 11.4. The maximum absolute atomic E-state index is 11.4. The first kappa shape index (κ1) is 15.7. The lowest BCUT2D eigenvalue weighted by Crippen LogP contribution is -2.51. The zero-order valence-corrected chi connectivity index (χ0v) is 11.2. The van der Waals surface area contributed by atoms with Crippen LogP contribution in [0.5, 0.6) is 0 Å². The molecule has 0 aromatic rings. The highest BCUT2D eigenvalue weighted by molar-refractivity contribution is 5.81. The van der Waals surface area contributed by atoms with E-state index in [-0.39, 0.29) is 12.6 Å². The highest BCUT2D eigenvalue weighted by atomic mass is 16.6. The lowest BCUT2D eigenvalue weighted by atomic mass is 10.2. The van der Waals surface area contributed by atoms with Gasteiger partial charge in [0.2, 0.25) is 5.91 Å². The SMILES string of the molecule is CC(C)NC(CNC(=O)OC(C)(C)C)C(N)=O. The molecule has 0 aromatic heterocycles. The fraction of sp³-hybridized carbons (Fsp3) is 0.818. The lowest BCUT2D eigenvalue weighted by Gasteiger charge is -2.22. The second kappa shape index (κ2) is 6.44. The molecule has 0 aliphatic heterocycles. The van der Waals surface area contributed by atoms with Gasteiger partial charge in [-0.15, -0.1) is 0 Å². The smallest absolute Gasteiger partial charge is 0.407 e. The van der Waals surface area contributed by atoms with Gasteiger partial charge in [-0.05, 0) is 20.8 Å². The summed E-state index contributed by atoms with van der Waals surface area (Å²) in [5.41, 5.74) is 4.65. The molecule has 0 heterocycles. The van der Waals surface area contributed by atoms with Gasteiger partial charge in [-0.2, -0.15) is 0 Å². The number of hydrogen-bond donors (Lipinski definition) is 3. The highest BCUT2D eigenvalue weighted by Crippen LogP contribution is 2.06. The van der Waals surface area contributed by atoms with Gasteiger partial charge in [0.15, 0.2) is 0 Å². The molecule has 0 bridgehead atoms. The maximum Gasteiger partial charge on any atom is 0.407 e. The Hall–Kier alpha value is -1.30. The molecule has 6 nitrogen and oxygen atoms in total. The highest BCUT2D eigenvalue weighted by Gasteiger charge is 2.20. The van der Waals surface area contributed by atoms with E-state index in [1.807, 2.05) is 13.8 Å². The van der Waals surface area contributed by atoms with Crippen molar-refractivity contribution in [2.45, 2.75) is 52.3 Å². The molecule has 1 atom stereocenters. The van der Waals surface area contributed by atoms with Crippen LogP contribution in [-0.2, 0) is 9.53 Å². The van der Waals surface area contributed by atoms with Gasteiger partial charge in [0.05, 0.1) is 0 Å². The van der Waals surface area contributed by atoms with Crippen molar-refractivity contribution in [3.63, 3.8) is 0 Å². The molecule has 0 aromatic carbocycles. The van der Waals surface area contributed by atoms with E-state index in [0.717, 1.165) is 0 Å². The molecule has 0 rings (SSSR count). The number of ether oxygens (including phenoxy) is 1. The average Bonchev–Trinajstić information content (AvgIpc) is 2.08. The predicted octanol–water partition coefficient (Wildman–Crippen LogP) is 0.363. The fourth-order valence-electron chi connectivity index (χ4n) is 1.14. The monoisotopic (exact) mass is 245 g/mol. The number of amides is 2. The van der Waals surface area contributed by atoms with Crippen molar-refractivity contribution in [1.29, 1.82) is 0 Å². The third-order valence-electron chi connectivity index (χ3n) is 1.73. The van der Waals surface area contributed by atoms with Crippen molar-refractivity contribution in [3.05, 3.63) is 0 Å². The summed E-state index contributed by atoms with van der Waals surface area (Å²) in [5, 5.41) is 5.45. The molecule has 0 aliphatic carbocycles. The van der Waals surface area contributed by atoms with E-state index in [9.17, 15) is 9.59 Å². The van der Waals surface area contributed by atoms with Gasteiger partial charge < -0.3 is 21.1 Å². The summed E-state index contributed by atoms with van der Waals surface area (Å²) in [5.74, 6) is -0.505. The molecule has 0 fully saturated rings. The van der Waals surface area contributed by atoms with Crippen molar-refractivity contribution in [2.75, 3.05) is 6.54 Å². The summed E-state index contributed by atoms with van der Waals surface area (Å²) in [6, 6.07) is -0.490. The fourth-order valence-corrected chi connectivity index (χ4v) is 1.14. The van der Waals surface area contributed by atoms with Crippen molar-refractivity contribution >= 4 is 12.0 Å². The molecule has 2 amide bonds. The van der Waals surface area contributed by atoms with Crippen LogP contribution in [0, 0.1) is 0 Å². The standard InChI is InChI=1S/C11H23N3O3/c1-7(2)14-8(9(12)15)6-13-10(16)17-11(3,4)5/h7-8,14H,6H2,1-5H3,(H2,12,15)(H,13,16). The summed E-state index contributed by atoms with van der Waals surface area (Å²) in [6.07, 6.45) is -0.561. The lowest BCUT2D eigenvalue weighted by molar-refractivity contribution is -0.120. The topological polar surface area (TPSA) is 93.4 Å². The van der Waals surface area contributed by atoms with E-state index < -0.39 is 23.6 Å². The van der Waals surface area contributed by atoms with E-state index in [1.165, 1.54) is 0 Å². The average molecular weight is 245 g/mol. The number of nitrogens with two attached hydrogens (primary N) is 1. The Morgan fingerprint density at radius 3 is 2.18 bits per heavy atom. The normalized spacial score (nSPS) is 13.3. The third-order valence-corrected chi connectivity index (χ3v) is 1.73. The van der Waals surface area contributed by atoms with E-state index >= 15 is 0 Å². The Labute approximate surface area is 102 Å². The quantitative estimate of drug-likeness (QED) is 0.652. The Morgan fingerprint density at radius 1 is 1.29 bits per heavy atom. The molecule has 0 spiro atoms. The minimum Gasteiger partial charge on any atom is -0.444 e. The molecule has 0 radical (unpaired) electrons. The number of hydrogen-bond acceptors (Lipinski definition) is 4. The van der Waals surface area contributed by atoms with Crippen LogP contribution in [-0.4, -0.2) is 36.2 Å². The first-order chi connectivity index (χ1) is 7.61. The summed E-state index contributed by atoms with van der Waals surface area (Å²) in [6.45, 7) is 9.20. The van der Waals surface area contributed by atoms with Crippen molar-refractivity contribution in [3.8, 4) is 0 Å². The van der Waals surface area contributed by atoms with Crippen molar-refractivity contribution < 1.29 is 14.3 Å². The van der Waals surface area contributed by atoms with Crippen molar-refractivity contribution in [1.82, 2.24) is 10.6 Å². The zero-order valence-electron chi connectivity index (χ0n) is 11.2. The van der Waals surface area contributed by atoms with Gasteiger partial charge in [-0.3, -0.25) is 4.79 Å². The van der Waals surface area contributed by atoms with Crippen LogP contribution < -0.4 is 16.4 Å². The van der Waals surface area contributed by atoms with Crippen LogP contribution in [0.15, 0.2) is 0 Å². The molecule has 0 aliphatic rings. The Bertz CT molecular complexity index is 272. The Balaban J connectivity index is 4.13. The first-order valence-corrected chi connectivity index (χ1v) is 5.64. The van der Waals surface area contributed by atoms with Crippen LogP contribution in [0.1, 0.15) is 34.6 Å². The van der Waals surface area contributed by atoms with Gasteiger partial charge in [0.1, 0.15) is 11.6 Å². The van der Waals surface area contributed by atoms with Crippen LogP contribution in [0.2, 0.25) is 0 Å². The molecule has 17 heavy (non-hydrogen) atoms. The van der Waals surface area contributed by atoms with Crippen LogP contribution >= 0.6 is 0 Å². The molecule has 4 N–H and O–H groups in total. The zero-order chi connectivity index (χ0) is 13.6. The van der Waals surface area contributed by atoms with E-state index in [0.29, 0.717) is 0 Å². The summed E-state index contributed by atoms with van der Waals surface area (Å²) in [7, 11) is 0. The Kier molecular flexibility index (Phi) is 5.95. The Morgan fingerprint density at radius 2 is 1.82 bits per heavy atom. The van der Waals surface area contributed by atoms with Crippen molar-refractivity contribution in [2.24, 2.45) is 5.73 Å². The number of nitrogens with one attached hydrogen (secondary N) is 2. The number of alkyl carbamates (subject to hydrolysis) is 1. The number of rotatable bonds is 5. The summed E-state index contributed by atoms with van der Waals surface area (Å²) < 4.78 is 5.04. The molecule has 1 unspecified atom stereocenters. The minimum atomic E-state index is -0.595. The van der Waals surface area contributed by atoms with Gasteiger partial charge in [0, 0.05) is 12.6 Å². The van der Waals surface area contributed by atoms with Gasteiger partial charge in [-0.25, -0.2) is 4.79 Å². The van der Waals surface area contributed by atoms with Crippen LogP contribution in [0.4, 0.5) is 4.79 Å². The molecular formula is C11H23N3O3. The largest absolute Gasteiger partial charge is 0.444 e. The van der Waals surface area contributed by atoms with E-state index in [1.54, 1.807) is 20.8 Å². The molecule has 6 heteroatoms. The number of primary amides is 1. The van der Waals surface area contributed by atoms with Gasteiger partial charge in [-0.1, -0.05) is 13.8 Å². The summed E-state index contributed by atoms with van der Waals surface area (Å²) >= 11 is 0. The molecule has 0 saturated heterocycles. The number of carbonyl (C=O) groups excluding carboxylic acids is 2. The second-order valence-electron chi connectivity index (χ2n) is 5.16. The van der Waals surface area contributed by atoms with E-state index in [4.69, 9.17) is 10.5 Å². The van der Waals surface area contributed by atoms with Gasteiger partial charge >= 0.3 is 6.09 Å². The number of carbonyl (C=O) groups is 2. The molecular weight excluding hydrogens is 222 g/mol. The van der Waals surface area contributed by atoms with E-state index in [2.05, 4.69) is 10.6 Å². The molecule has 100 valence electrons. The second-order valence-corrected chi connectivity index (χ2v) is 5.16. The van der Waals surface area contributed by atoms with Crippen LogP contribution in [0.3, 0.4) is 0 Å². The van der Waals surface area contributed by atoms with Gasteiger partial charge in [0.25, 0.3) is 0 Å².